The van der Waals surface area contributed by atoms with Crippen molar-refractivity contribution in [2.24, 2.45) is 10.8 Å². The number of nitrogens with one attached hydrogen (secondary N) is 1. The van der Waals surface area contributed by atoms with Gasteiger partial charge < -0.3 is 10.1 Å². The molecule has 3 unspecified atom stereocenters. The second-order valence-electron chi connectivity index (χ2n) is 8.53. The van der Waals surface area contributed by atoms with Crippen molar-refractivity contribution in [2.75, 3.05) is 5.32 Å². The highest BCUT2D eigenvalue weighted by Gasteiger charge is 2.88. The van der Waals surface area contributed by atoms with E-state index in [1.165, 1.54) is 24.3 Å². The molecular weight excluding hydrogens is 409 g/mol. The Kier molecular flexibility index (Phi) is 4.31. The minimum absolute atomic E-state index is 0.232. The molecule has 5 nitrogen and oxygen atoms in total. The molecule has 0 bridgehead atoms. The first-order valence-electron chi connectivity index (χ1n) is 10.3. The van der Waals surface area contributed by atoms with Crippen molar-refractivity contribution in [2.45, 2.75) is 19.8 Å². The molecule has 3 aromatic carbocycles. The van der Waals surface area contributed by atoms with Gasteiger partial charge in [0.1, 0.15) is 11.6 Å². The number of Topliss-reactive ketones (excluding diaryl/α,β-unsaturated/α-hetero) is 1. The van der Waals surface area contributed by atoms with E-state index in [0.29, 0.717) is 17.0 Å². The number of rotatable bonds is 4. The number of hydrogen-bond acceptors (Lipinski definition) is 4. The lowest BCUT2D eigenvalue weighted by Gasteiger charge is -2.23. The van der Waals surface area contributed by atoms with Crippen molar-refractivity contribution >= 4 is 23.3 Å². The SMILES string of the molecule is Cc1ccc(NC(=O)C23C(=O)Oc4ccccc4C2C3(C)C(=O)c2ccc(F)cc2)cc1. The number of ketones is 1. The number of hydrogen-bond donors (Lipinski definition) is 1. The van der Waals surface area contributed by atoms with Crippen LogP contribution in [0.15, 0.2) is 72.8 Å². The number of benzene rings is 3. The number of carbonyl (C=O) groups is 3. The number of anilines is 1. The van der Waals surface area contributed by atoms with E-state index in [0.717, 1.165) is 5.56 Å². The summed E-state index contributed by atoms with van der Waals surface area (Å²) in [5.41, 5.74) is -0.710. The number of carbonyl (C=O) groups excluding carboxylic acids is 3. The summed E-state index contributed by atoms with van der Waals surface area (Å²) < 4.78 is 19.0. The molecule has 1 aliphatic carbocycles. The molecule has 1 saturated carbocycles. The Hall–Kier alpha value is -3.80. The highest BCUT2D eigenvalue weighted by atomic mass is 19.1. The minimum Gasteiger partial charge on any atom is -0.425 e. The largest absolute Gasteiger partial charge is 0.425 e. The molecule has 2 aliphatic rings. The highest BCUT2D eigenvalue weighted by Crippen LogP contribution is 2.78. The van der Waals surface area contributed by atoms with Gasteiger partial charge in [0.25, 0.3) is 0 Å². The van der Waals surface area contributed by atoms with Crippen LogP contribution in [0.2, 0.25) is 0 Å². The van der Waals surface area contributed by atoms with Crippen LogP contribution in [-0.4, -0.2) is 17.7 Å². The molecule has 1 fully saturated rings. The van der Waals surface area contributed by atoms with Crippen molar-refractivity contribution in [3.8, 4) is 5.75 Å². The Morgan fingerprint density at radius 1 is 0.969 bits per heavy atom. The third-order valence-corrected chi connectivity index (χ3v) is 6.75. The average Bonchev–Trinajstić information content (AvgIpc) is 3.39. The second kappa shape index (κ2) is 6.85. The van der Waals surface area contributed by atoms with Crippen LogP contribution in [0.5, 0.6) is 5.75 Å². The van der Waals surface area contributed by atoms with Gasteiger partial charge >= 0.3 is 5.97 Å². The van der Waals surface area contributed by atoms with Gasteiger partial charge in [-0.05, 0) is 56.3 Å². The molecule has 0 spiro atoms. The molecule has 0 aromatic heterocycles. The minimum atomic E-state index is -1.72. The van der Waals surface area contributed by atoms with E-state index in [4.69, 9.17) is 4.74 Å². The fourth-order valence-electron chi connectivity index (χ4n) is 5.02. The summed E-state index contributed by atoms with van der Waals surface area (Å²) in [7, 11) is 0. The van der Waals surface area contributed by atoms with E-state index >= 15 is 0 Å². The lowest BCUT2D eigenvalue weighted by atomic mass is 9.86. The molecule has 3 aromatic rings. The van der Waals surface area contributed by atoms with Crippen LogP contribution < -0.4 is 10.1 Å². The highest BCUT2D eigenvalue weighted by molar-refractivity contribution is 6.23. The van der Waals surface area contributed by atoms with Crippen molar-refractivity contribution < 1.29 is 23.5 Å². The van der Waals surface area contributed by atoms with Crippen LogP contribution in [-0.2, 0) is 9.59 Å². The van der Waals surface area contributed by atoms with E-state index in [1.54, 1.807) is 43.3 Å². The molecule has 160 valence electrons. The second-order valence-corrected chi connectivity index (χ2v) is 8.53. The van der Waals surface area contributed by atoms with E-state index in [2.05, 4.69) is 5.32 Å². The topological polar surface area (TPSA) is 72.5 Å². The van der Waals surface area contributed by atoms with Gasteiger partial charge in [-0.1, -0.05) is 35.9 Å². The van der Waals surface area contributed by atoms with Gasteiger partial charge in [0.05, 0.1) is 5.41 Å². The van der Waals surface area contributed by atoms with Gasteiger partial charge in [0.15, 0.2) is 11.2 Å². The Morgan fingerprint density at radius 3 is 2.31 bits per heavy atom. The standard InChI is InChI=1S/C26H20FNO4/c1-15-7-13-18(14-8-15)28-23(30)26-21(19-5-3-4-6-20(19)32-24(26)31)25(26,2)22(29)16-9-11-17(27)12-10-16/h3-14,21H,1-2H3,(H,28,30). The first kappa shape index (κ1) is 20.1. The van der Waals surface area contributed by atoms with Crippen LogP contribution >= 0.6 is 0 Å². The van der Waals surface area contributed by atoms with E-state index in [9.17, 15) is 18.8 Å². The predicted molar refractivity (Wildman–Crippen MR) is 116 cm³/mol. The molecular formula is C26H20FNO4. The van der Waals surface area contributed by atoms with Gasteiger partial charge in [-0.3, -0.25) is 14.4 Å². The molecule has 0 radical (unpaired) electrons. The van der Waals surface area contributed by atoms with Gasteiger partial charge in [-0.25, -0.2) is 4.39 Å². The molecule has 32 heavy (non-hydrogen) atoms. The Morgan fingerprint density at radius 2 is 1.62 bits per heavy atom. The number of para-hydroxylation sites is 1. The Balaban J connectivity index is 1.62. The van der Waals surface area contributed by atoms with Gasteiger partial charge in [-0.15, -0.1) is 0 Å². The summed E-state index contributed by atoms with van der Waals surface area (Å²) in [6, 6.07) is 19.2. The quantitative estimate of drug-likeness (QED) is 0.283. The monoisotopic (exact) mass is 429 g/mol. The van der Waals surface area contributed by atoms with Crippen LogP contribution in [0.4, 0.5) is 10.1 Å². The number of fused-ring (bicyclic) bond motifs is 3. The Bertz CT molecular complexity index is 1270. The van der Waals surface area contributed by atoms with Crippen LogP contribution in [0, 0.1) is 23.6 Å². The Labute approximate surface area is 184 Å². The summed E-state index contributed by atoms with van der Waals surface area (Å²) in [4.78, 5) is 40.6. The maximum atomic E-state index is 13.7. The van der Waals surface area contributed by atoms with Crippen LogP contribution in [0.25, 0.3) is 0 Å². The summed E-state index contributed by atoms with van der Waals surface area (Å²) in [5.74, 6) is -2.59. The lowest BCUT2D eigenvalue weighted by molar-refractivity contribution is -0.147. The normalized spacial score (nSPS) is 25.2. The third kappa shape index (κ3) is 2.59. The number of ether oxygens (including phenoxy) is 1. The zero-order valence-corrected chi connectivity index (χ0v) is 17.5. The predicted octanol–water partition coefficient (Wildman–Crippen LogP) is 4.66. The third-order valence-electron chi connectivity index (χ3n) is 6.75. The van der Waals surface area contributed by atoms with Crippen LogP contribution in [0.1, 0.15) is 34.3 Å². The fourth-order valence-corrected chi connectivity index (χ4v) is 5.02. The number of aryl methyl sites for hydroxylation is 1. The smallest absolute Gasteiger partial charge is 0.328 e. The number of halogens is 1. The van der Waals surface area contributed by atoms with Crippen molar-refractivity contribution in [3.63, 3.8) is 0 Å². The zero-order valence-electron chi connectivity index (χ0n) is 17.5. The molecule has 1 aliphatic heterocycles. The molecule has 6 heteroatoms. The maximum Gasteiger partial charge on any atom is 0.328 e. The molecule has 3 atom stereocenters. The lowest BCUT2D eigenvalue weighted by Crippen LogP contribution is -2.42. The summed E-state index contributed by atoms with van der Waals surface area (Å²) in [6.07, 6.45) is 0. The molecule has 5 rings (SSSR count). The van der Waals surface area contributed by atoms with Crippen molar-refractivity contribution in [3.05, 3.63) is 95.3 Å². The van der Waals surface area contributed by atoms with E-state index < -0.39 is 40.2 Å². The first-order chi connectivity index (χ1) is 15.3. The summed E-state index contributed by atoms with van der Waals surface area (Å²) >= 11 is 0. The average molecular weight is 429 g/mol. The molecule has 1 amide bonds. The number of esters is 1. The van der Waals surface area contributed by atoms with Gasteiger partial charge in [0.2, 0.25) is 5.91 Å². The molecule has 1 heterocycles. The van der Waals surface area contributed by atoms with Crippen molar-refractivity contribution in [1.29, 1.82) is 0 Å². The van der Waals surface area contributed by atoms with E-state index in [-0.39, 0.29) is 5.56 Å². The first-order valence-corrected chi connectivity index (χ1v) is 10.3. The number of amides is 1. The van der Waals surface area contributed by atoms with Crippen LogP contribution in [0.3, 0.4) is 0 Å². The van der Waals surface area contributed by atoms with Crippen molar-refractivity contribution in [1.82, 2.24) is 0 Å². The molecule has 0 saturated heterocycles. The molecule has 1 N–H and O–H groups in total. The summed E-state index contributed by atoms with van der Waals surface area (Å²) in [6.45, 7) is 3.54. The van der Waals surface area contributed by atoms with Gasteiger partial charge in [0, 0.05) is 22.7 Å². The van der Waals surface area contributed by atoms with Gasteiger partial charge in [-0.2, -0.15) is 0 Å². The summed E-state index contributed by atoms with van der Waals surface area (Å²) in [5, 5.41) is 2.80. The zero-order chi connectivity index (χ0) is 22.7. The fraction of sp³-hybridized carbons (Fsp3) is 0.192. The maximum absolute atomic E-state index is 13.7. The van der Waals surface area contributed by atoms with E-state index in [1.807, 2.05) is 19.1 Å².